The third-order valence-corrected chi connectivity index (χ3v) is 10.6. The summed E-state index contributed by atoms with van der Waals surface area (Å²) in [5.41, 5.74) is 1.49. The van der Waals surface area contributed by atoms with Crippen molar-refractivity contribution in [3.05, 3.63) is 0 Å². The summed E-state index contributed by atoms with van der Waals surface area (Å²) in [6, 6.07) is 0. The standard InChI is InChI=1S/C24H42S/c1-3-4-7-17-25-18-24-15-6-5-9-19(24)11-12-20-21-10-8-14-23(21,2)16-13-22(20)24/h19-22H,3-18H2,1-2H3/t19?,20-,21-,22+,23-,24+/m0/s1. The second kappa shape index (κ2) is 7.76. The number of thioether (sulfide) groups is 1. The number of hydrogen-bond donors (Lipinski definition) is 0. The summed E-state index contributed by atoms with van der Waals surface area (Å²) in [7, 11) is 0. The first-order chi connectivity index (χ1) is 12.2. The van der Waals surface area contributed by atoms with Crippen molar-refractivity contribution in [1.82, 2.24) is 0 Å². The molecule has 4 saturated carbocycles. The van der Waals surface area contributed by atoms with E-state index in [4.69, 9.17) is 0 Å². The summed E-state index contributed by atoms with van der Waals surface area (Å²) in [6.07, 6.45) is 21.5. The van der Waals surface area contributed by atoms with Gasteiger partial charge in [-0.1, -0.05) is 46.0 Å². The smallest absolute Gasteiger partial charge is 0.000539 e. The highest BCUT2D eigenvalue weighted by Crippen LogP contribution is 2.66. The molecule has 0 amide bonds. The molecule has 0 spiro atoms. The fraction of sp³-hybridized carbons (Fsp3) is 1.00. The van der Waals surface area contributed by atoms with Crippen molar-refractivity contribution in [2.24, 2.45) is 34.5 Å². The molecule has 0 heterocycles. The first-order valence-corrected chi connectivity index (χ1v) is 12.9. The van der Waals surface area contributed by atoms with E-state index in [1.165, 1.54) is 50.0 Å². The normalized spacial score (nSPS) is 46.3. The first-order valence-electron chi connectivity index (χ1n) is 11.8. The van der Waals surface area contributed by atoms with Crippen molar-refractivity contribution in [3.8, 4) is 0 Å². The van der Waals surface area contributed by atoms with Gasteiger partial charge in [-0.05, 0) is 104 Å². The predicted molar refractivity (Wildman–Crippen MR) is 112 cm³/mol. The molecule has 0 aliphatic heterocycles. The minimum atomic E-state index is 0.734. The summed E-state index contributed by atoms with van der Waals surface area (Å²) in [5.74, 6) is 7.34. The van der Waals surface area contributed by atoms with Crippen LogP contribution in [0, 0.1) is 34.5 Å². The van der Waals surface area contributed by atoms with E-state index in [0.717, 1.165) is 34.5 Å². The molecule has 0 bridgehead atoms. The van der Waals surface area contributed by atoms with Crippen LogP contribution in [0.4, 0.5) is 0 Å². The minimum Gasteiger partial charge on any atom is -0.161 e. The third kappa shape index (κ3) is 3.34. The van der Waals surface area contributed by atoms with Gasteiger partial charge in [0.15, 0.2) is 0 Å². The molecule has 0 nitrogen and oxygen atoms in total. The molecule has 0 aromatic rings. The van der Waals surface area contributed by atoms with Gasteiger partial charge in [-0.25, -0.2) is 0 Å². The lowest BCUT2D eigenvalue weighted by Crippen LogP contribution is -2.54. The van der Waals surface area contributed by atoms with Gasteiger partial charge in [0.05, 0.1) is 0 Å². The molecule has 1 unspecified atom stereocenters. The molecule has 0 aromatic heterocycles. The fourth-order valence-corrected chi connectivity index (χ4v) is 9.59. The van der Waals surface area contributed by atoms with Crippen molar-refractivity contribution in [2.45, 2.75) is 104 Å². The van der Waals surface area contributed by atoms with Gasteiger partial charge in [-0.15, -0.1) is 0 Å². The SMILES string of the molecule is CCCCCSC[C@]12CCCCC1CC[C@@H]1[C@H]2CC[C@]2(C)CCC[C@@H]12. The van der Waals surface area contributed by atoms with E-state index in [2.05, 4.69) is 25.6 Å². The van der Waals surface area contributed by atoms with Crippen LogP contribution < -0.4 is 0 Å². The van der Waals surface area contributed by atoms with Gasteiger partial charge in [0, 0.05) is 0 Å². The van der Waals surface area contributed by atoms with Gasteiger partial charge in [-0.3, -0.25) is 0 Å². The van der Waals surface area contributed by atoms with Crippen molar-refractivity contribution in [1.29, 1.82) is 0 Å². The monoisotopic (exact) mass is 362 g/mol. The van der Waals surface area contributed by atoms with E-state index in [1.54, 1.807) is 51.4 Å². The average molecular weight is 363 g/mol. The van der Waals surface area contributed by atoms with Crippen LogP contribution in [-0.2, 0) is 0 Å². The van der Waals surface area contributed by atoms with E-state index < -0.39 is 0 Å². The highest BCUT2D eigenvalue weighted by Gasteiger charge is 2.58. The summed E-state index contributed by atoms with van der Waals surface area (Å²) < 4.78 is 0. The largest absolute Gasteiger partial charge is 0.161 e. The number of hydrogen-bond acceptors (Lipinski definition) is 1. The molecular formula is C24H42S. The minimum absolute atomic E-state index is 0.734. The van der Waals surface area contributed by atoms with Gasteiger partial charge < -0.3 is 0 Å². The maximum absolute atomic E-state index is 2.67. The molecule has 6 atom stereocenters. The third-order valence-electron chi connectivity index (χ3n) is 9.33. The van der Waals surface area contributed by atoms with E-state index >= 15 is 0 Å². The Morgan fingerprint density at radius 3 is 2.64 bits per heavy atom. The second-order valence-electron chi connectivity index (χ2n) is 10.5. The van der Waals surface area contributed by atoms with E-state index in [9.17, 15) is 0 Å². The average Bonchev–Trinajstić information content (AvgIpc) is 3.03. The van der Waals surface area contributed by atoms with E-state index in [1.807, 2.05) is 0 Å². The Morgan fingerprint density at radius 2 is 1.76 bits per heavy atom. The summed E-state index contributed by atoms with van der Waals surface area (Å²) in [5, 5.41) is 0. The van der Waals surface area contributed by atoms with E-state index in [0.29, 0.717) is 0 Å². The Morgan fingerprint density at radius 1 is 0.840 bits per heavy atom. The zero-order valence-corrected chi connectivity index (χ0v) is 17.8. The Balaban J connectivity index is 1.51. The van der Waals surface area contributed by atoms with Gasteiger partial charge in [0.25, 0.3) is 0 Å². The van der Waals surface area contributed by atoms with Crippen LogP contribution in [0.1, 0.15) is 104 Å². The second-order valence-corrected chi connectivity index (χ2v) is 11.6. The van der Waals surface area contributed by atoms with Crippen LogP contribution in [0.5, 0.6) is 0 Å². The maximum Gasteiger partial charge on any atom is -0.000539 e. The Bertz CT molecular complexity index is 445. The molecule has 0 radical (unpaired) electrons. The molecule has 25 heavy (non-hydrogen) atoms. The molecule has 1 heteroatoms. The zero-order valence-electron chi connectivity index (χ0n) is 17.0. The molecule has 144 valence electrons. The highest BCUT2D eigenvalue weighted by molar-refractivity contribution is 7.99. The summed E-state index contributed by atoms with van der Waals surface area (Å²) in [6.45, 7) is 5.01. The Labute approximate surface area is 161 Å². The van der Waals surface area contributed by atoms with Crippen LogP contribution in [-0.4, -0.2) is 11.5 Å². The quantitative estimate of drug-likeness (QED) is 0.436. The lowest BCUT2D eigenvalue weighted by molar-refractivity contribution is -0.100. The van der Waals surface area contributed by atoms with Crippen LogP contribution in [0.25, 0.3) is 0 Å². The van der Waals surface area contributed by atoms with Gasteiger partial charge >= 0.3 is 0 Å². The first kappa shape index (κ1) is 18.7. The van der Waals surface area contributed by atoms with Crippen LogP contribution in [0.3, 0.4) is 0 Å². The van der Waals surface area contributed by atoms with Gasteiger partial charge in [0.2, 0.25) is 0 Å². The molecular weight excluding hydrogens is 320 g/mol. The van der Waals surface area contributed by atoms with Gasteiger partial charge in [0.1, 0.15) is 0 Å². The van der Waals surface area contributed by atoms with Crippen LogP contribution >= 0.6 is 11.8 Å². The van der Waals surface area contributed by atoms with Crippen molar-refractivity contribution in [2.75, 3.05) is 11.5 Å². The Hall–Kier alpha value is 0.350. The van der Waals surface area contributed by atoms with Crippen LogP contribution in [0.2, 0.25) is 0 Å². The number of fused-ring (bicyclic) bond motifs is 5. The lowest BCUT2D eigenvalue weighted by Gasteiger charge is -2.61. The lowest BCUT2D eigenvalue weighted by atomic mass is 9.45. The molecule has 4 aliphatic carbocycles. The van der Waals surface area contributed by atoms with Crippen molar-refractivity contribution in [3.63, 3.8) is 0 Å². The zero-order chi connectivity index (χ0) is 17.3. The van der Waals surface area contributed by atoms with Crippen molar-refractivity contribution < 1.29 is 0 Å². The summed E-state index contributed by atoms with van der Waals surface area (Å²) >= 11 is 2.36. The molecule has 4 rings (SSSR count). The molecule has 0 saturated heterocycles. The molecule has 4 fully saturated rings. The van der Waals surface area contributed by atoms with Crippen molar-refractivity contribution >= 4 is 11.8 Å². The van der Waals surface area contributed by atoms with Gasteiger partial charge in [-0.2, -0.15) is 11.8 Å². The molecule has 0 N–H and O–H groups in total. The van der Waals surface area contributed by atoms with Crippen LogP contribution in [0.15, 0.2) is 0 Å². The predicted octanol–water partition coefficient (Wildman–Crippen LogP) is 7.71. The maximum atomic E-state index is 2.67. The Kier molecular flexibility index (Phi) is 5.81. The number of unbranched alkanes of at least 4 members (excludes halogenated alkanes) is 2. The highest BCUT2D eigenvalue weighted by atomic mass is 32.2. The molecule has 4 aliphatic rings. The molecule has 0 aromatic carbocycles. The fourth-order valence-electron chi connectivity index (χ4n) is 8.06. The summed E-state index contributed by atoms with van der Waals surface area (Å²) in [4.78, 5) is 0. The topological polar surface area (TPSA) is 0 Å². The number of rotatable bonds is 6. The van der Waals surface area contributed by atoms with E-state index in [-0.39, 0.29) is 0 Å².